The molecule has 182 valence electrons. The van der Waals surface area contributed by atoms with E-state index in [0.717, 1.165) is 0 Å². The summed E-state index contributed by atoms with van der Waals surface area (Å²) in [5, 5.41) is 22.0. The van der Waals surface area contributed by atoms with Crippen LogP contribution < -0.4 is 10.2 Å². The lowest BCUT2D eigenvalue weighted by Gasteiger charge is -2.36. The van der Waals surface area contributed by atoms with Crippen molar-refractivity contribution in [3.05, 3.63) is 35.6 Å². The first-order valence-corrected chi connectivity index (χ1v) is 11.6. The van der Waals surface area contributed by atoms with Gasteiger partial charge < -0.3 is 20.2 Å². The summed E-state index contributed by atoms with van der Waals surface area (Å²) in [6.45, 7) is 0.544. The zero-order valence-electron chi connectivity index (χ0n) is 19.1. The van der Waals surface area contributed by atoms with Crippen LogP contribution in [-0.2, 0) is 4.79 Å². The van der Waals surface area contributed by atoms with E-state index in [1.807, 2.05) is 11.9 Å². The van der Waals surface area contributed by atoms with Crippen molar-refractivity contribution in [2.75, 3.05) is 25.5 Å². The fourth-order valence-electron chi connectivity index (χ4n) is 5.49. The number of halogens is 3. The quantitative estimate of drug-likeness (QED) is 0.707. The van der Waals surface area contributed by atoms with E-state index < -0.39 is 17.8 Å². The number of nitrogens with one attached hydrogen (secondary N) is 1. The lowest BCUT2D eigenvalue weighted by atomic mass is 9.87. The van der Waals surface area contributed by atoms with Crippen LogP contribution in [0.4, 0.5) is 19.0 Å². The SMILES string of the molecule is CN1CCC(c2cc(O)c(-c3ccc(N(C)[C@@H]4CC5CC(F)(F)C(C4)N5)nn3)cc2F)CC1=O. The number of anilines is 1. The molecule has 1 amide bonds. The van der Waals surface area contributed by atoms with Crippen molar-refractivity contribution >= 4 is 11.7 Å². The van der Waals surface area contributed by atoms with Crippen LogP contribution in [-0.4, -0.2) is 70.8 Å². The molecule has 0 spiro atoms. The van der Waals surface area contributed by atoms with E-state index in [1.54, 1.807) is 24.1 Å². The Hall–Kier alpha value is -2.88. The maximum absolute atomic E-state index is 15.0. The van der Waals surface area contributed by atoms with Gasteiger partial charge in [-0.3, -0.25) is 4.79 Å². The standard InChI is InChI=1S/C24H28F3N5O2/c1-31-6-5-13(7-23(31)34)16-11-20(33)17(10-18(16)25)19-3-4-22(30-29-19)32(2)15-8-14-12-24(26,27)21(9-15)28-14/h3-4,10-11,13-15,21,28,33H,5-9,12H2,1-2H3/t13?,14?,15-,21?/m1/s1. The first-order valence-electron chi connectivity index (χ1n) is 11.6. The summed E-state index contributed by atoms with van der Waals surface area (Å²) in [4.78, 5) is 15.5. The third-order valence-electron chi connectivity index (χ3n) is 7.58. The number of piperidine rings is 2. The molecule has 1 aromatic carbocycles. The zero-order valence-corrected chi connectivity index (χ0v) is 19.1. The van der Waals surface area contributed by atoms with E-state index in [2.05, 4.69) is 15.5 Å². The fourth-order valence-corrected chi connectivity index (χ4v) is 5.49. The summed E-state index contributed by atoms with van der Waals surface area (Å²) in [5.74, 6) is -3.11. The van der Waals surface area contributed by atoms with Gasteiger partial charge in [0.25, 0.3) is 5.92 Å². The number of carbonyl (C=O) groups excluding carboxylic acids is 1. The Balaban J connectivity index is 1.32. The van der Waals surface area contributed by atoms with Gasteiger partial charge in [-0.15, -0.1) is 10.2 Å². The number of aromatic nitrogens is 2. The van der Waals surface area contributed by atoms with Crippen LogP contribution in [0.1, 0.15) is 43.6 Å². The minimum absolute atomic E-state index is 0.0461. The third-order valence-corrected chi connectivity index (χ3v) is 7.58. The minimum Gasteiger partial charge on any atom is -0.507 e. The van der Waals surface area contributed by atoms with Crippen LogP contribution in [0.2, 0.25) is 0 Å². The predicted molar refractivity (Wildman–Crippen MR) is 120 cm³/mol. The first kappa shape index (κ1) is 22.9. The van der Waals surface area contributed by atoms with Gasteiger partial charge in [-0.25, -0.2) is 13.2 Å². The van der Waals surface area contributed by atoms with Crippen LogP contribution in [0.3, 0.4) is 0 Å². The topological polar surface area (TPSA) is 81.6 Å². The van der Waals surface area contributed by atoms with E-state index in [4.69, 9.17) is 0 Å². The molecule has 0 saturated carbocycles. The molecular formula is C24H28F3N5O2. The van der Waals surface area contributed by atoms with Crippen molar-refractivity contribution in [1.29, 1.82) is 0 Å². The van der Waals surface area contributed by atoms with Crippen LogP contribution in [0, 0.1) is 5.82 Å². The monoisotopic (exact) mass is 475 g/mol. The molecule has 34 heavy (non-hydrogen) atoms. The Morgan fingerprint density at radius 2 is 2.03 bits per heavy atom. The van der Waals surface area contributed by atoms with Crippen molar-refractivity contribution in [1.82, 2.24) is 20.4 Å². The van der Waals surface area contributed by atoms with Crippen LogP contribution in [0.15, 0.2) is 24.3 Å². The molecule has 2 N–H and O–H groups in total. The highest BCUT2D eigenvalue weighted by molar-refractivity contribution is 5.78. The number of aromatic hydroxyl groups is 1. The molecule has 4 atom stereocenters. The molecule has 2 aromatic rings. The normalized spacial score (nSPS) is 28.3. The molecule has 4 heterocycles. The average Bonchev–Trinajstić information content (AvgIpc) is 3.02. The molecule has 3 saturated heterocycles. The van der Waals surface area contributed by atoms with E-state index in [1.165, 1.54) is 12.1 Å². The summed E-state index contributed by atoms with van der Waals surface area (Å²) >= 11 is 0. The lowest BCUT2D eigenvalue weighted by Crippen LogP contribution is -2.49. The number of nitrogens with zero attached hydrogens (tertiary/aromatic N) is 4. The molecule has 0 radical (unpaired) electrons. The summed E-state index contributed by atoms with van der Waals surface area (Å²) in [5.41, 5.74) is 0.836. The van der Waals surface area contributed by atoms with E-state index in [9.17, 15) is 23.1 Å². The van der Waals surface area contributed by atoms with Gasteiger partial charge in [0, 0.05) is 51.1 Å². The number of likely N-dealkylation sites (tertiary alicyclic amines) is 1. The second kappa shape index (κ2) is 8.41. The zero-order chi connectivity index (χ0) is 24.2. The number of rotatable bonds is 4. The second-order valence-electron chi connectivity index (χ2n) is 9.79. The number of fused-ring (bicyclic) bond motifs is 2. The molecule has 3 unspecified atom stereocenters. The van der Waals surface area contributed by atoms with Gasteiger partial charge in [0.05, 0.1) is 11.7 Å². The van der Waals surface area contributed by atoms with Gasteiger partial charge in [0.1, 0.15) is 11.6 Å². The van der Waals surface area contributed by atoms with Crippen molar-refractivity contribution in [3.63, 3.8) is 0 Å². The number of phenolic OH excluding ortho intramolecular Hbond substituents is 1. The van der Waals surface area contributed by atoms with Crippen LogP contribution in [0.25, 0.3) is 11.3 Å². The smallest absolute Gasteiger partial charge is 0.264 e. The number of amides is 1. The first-order chi connectivity index (χ1) is 16.1. The number of carbonyl (C=O) groups is 1. The summed E-state index contributed by atoms with van der Waals surface area (Å²) in [7, 11) is 3.53. The van der Waals surface area contributed by atoms with Gasteiger partial charge in [-0.2, -0.15) is 0 Å². The Bertz CT molecular complexity index is 1100. The minimum atomic E-state index is -2.69. The molecule has 3 fully saturated rings. The number of alkyl halides is 2. The number of benzene rings is 1. The predicted octanol–water partition coefficient (Wildman–Crippen LogP) is 3.29. The maximum Gasteiger partial charge on any atom is 0.264 e. The van der Waals surface area contributed by atoms with E-state index in [0.29, 0.717) is 42.9 Å². The highest BCUT2D eigenvalue weighted by Gasteiger charge is 2.53. The molecule has 1 aromatic heterocycles. The Morgan fingerprint density at radius 1 is 1.24 bits per heavy atom. The number of hydrogen-bond donors (Lipinski definition) is 2. The summed E-state index contributed by atoms with van der Waals surface area (Å²) in [6, 6.07) is 4.80. The van der Waals surface area contributed by atoms with Gasteiger partial charge >= 0.3 is 0 Å². The lowest BCUT2D eigenvalue weighted by molar-refractivity contribution is -0.132. The van der Waals surface area contributed by atoms with Crippen molar-refractivity contribution in [2.45, 2.75) is 62.1 Å². The number of hydrogen-bond acceptors (Lipinski definition) is 6. The Morgan fingerprint density at radius 3 is 2.71 bits per heavy atom. The highest BCUT2D eigenvalue weighted by Crippen LogP contribution is 2.41. The largest absolute Gasteiger partial charge is 0.507 e. The maximum atomic E-state index is 15.0. The van der Waals surface area contributed by atoms with E-state index >= 15 is 0 Å². The van der Waals surface area contributed by atoms with Gasteiger partial charge in [0.15, 0.2) is 5.82 Å². The average molecular weight is 476 g/mol. The molecule has 3 aliphatic rings. The second-order valence-corrected chi connectivity index (χ2v) is 9.79. The Kier molecular flexibility index (Phi) is 5.66. The summed E-state index contributed by atoms with van der Waals surface area (Å²) < 4.78 is 43.1. The third kappa shape index (κ3) is 4.08. The summed E-state index contributed by atoms with van der Waals surface area (Å²) in [6.07, 6.45) is 1.61. The molecule has 3 aliphatic heterocycles. The van der Waals surface area contributed by atoms with Gasteiger partial charge in [0.2, 0.25) is 5.91 Å². The van der Waals surface area contributed by atoms with Crippen molar-refractivity contribution in [3.8, 4) is 17.0 Å². The van der Waals surface area contributed by atoms with Gasteiger partial charge in [-0.1, -0.05) is 0 Å². The molecule has 7 nitrogen and oxygen atoms in total. The molecular weight excluding hydrogens is 447 g/mol. The van der Waals surface area contributed by atoms with Crippen LogP contribution >= 0.6 is 0 Å². The molecule has 5 rings (SSSR count). The Labute approximate surface area is 196 Å². The van der Waals surface area contributed by atoms with E-state index in [-0.39, 0.29) is 48.1 Å². The molecule has 2 bridgehead atoms. The van der Waals surface area contributed by atoms with Gasteiger partial charge in [-0.05, 0) is 55.0 Å². The molecule has 10 heteroatoms. The highest BCUT2D eigenvalue weighted by atomic mass is 19.3. The van der Waals surface area contributed by atoms with Crippen LogP contribution in [0.5, 0.6) is 5.75 Å². The molecule has 0 aliphatic carbocycles. The number of phenols is 1. The fraction of sp³-hybridized carbons (Fsp3) is 0.542. The van der Waals surface area contributed by atoms with Crippen molar-refractivity contribution < 1.29 is 23.1 Å². The van der Waals surface area contributed by atoms with Crippen molar-refractivity contribution in [2.24, 2.45) is 0 Å².